The number of carbonyl (C=O) groups excluding carboxylic acids is 1. The van der Waals surface area contributed by atoms with E-state index in [0.29, 0.717) is 6.07 Å². The lowest BCUT2D eigenvalue weighted by molar-refractivity contribution is -0.117. The van der Waals surface area contributed by atoms with Crippen LogP contribution < -0.4 is 5.32 Å². The number of halogens is 2. The third-order valence-corrected chi connectivity index (χ3v) is 2.91. The molecule has 1 aromatic rings. The van der Waals surface area contributed by atoms with E-state index in [-0.39, 0.29) is 25.3 Å². The van der Waals surface area contributed by atoms with Crippen molar-refractivity contribution in [1.29, 1.82) is 0 Å². The number of anilines is 1. The van der Waals surface area contributed by atoms with Crippen molar-refractivity contribution in [3.63, 3.8) is 0 Å². The molecule has 1 amide bonds. The molecule has 1 heterocycles. The predicted molar refractivity (Wildman–Crippen MR) is 63.4 cm³/mol. The van der Waals surface area contributed by atoms with Crippen molar-refractivity contribution in [3.05, 3.63) is 29.8 Å². The molecule has 2 atom stereocenters. The summed E-state index contributed by atoms with van der Waals surface area (Å²) in [6.07, 6.45) is -1.76. The van der Waals surface area contributed by atoms with Crippen molar-refractivity contribution in [2.45, 2.75) is 12.2 Å². The molecule has 1 fully saturated rings. The third kappa shape index (κ3) is 3.46. The molecular formula is C12H14F2N2O3. The number of aliphatic hydroxyl groups excluding tert-OH is 2. The molecule has 104 valence electrons. The highest BCUT2D eigenvalue weighted by atomic mass is 19.1. The summed E-state index contributed by atoms with van der Waals surface area (Å²) in [7, 11) is 0. The Morgan fingerprint density at radius 2 is 1.95 bits per heavy atom. The molecule has 19 heavy (non-hydrogen) atoms. The first-order valence-corrected chi connectivity index (χ1v) is 5.79. The van der Waals surface area contributed by atoms with E-state index in [9.17, 15) is 23.8 Å². The van der Waals surface area contributed by atoms with E-state index >= 15 is 0 Å². The molecule has 7 heteroatoms. The molecule has 0 aromatic heterocycles. The van der Waals surface area contributed by atoms with Gasteiger partial charge in [0.05, 0.1) is 24.4 Å². The summed E-state index contributed by atoms with van der Waals surface area (Å²) in [6, 6.07) is 2.86. The highest BCUT2D eigenvalue weighted by Crippen LogP contribution is 2.15. The van der Waals surface area contributed by atoms with E-state index in [1.54, 1.807) is 4.90 Å². The molecule has 3 N–H and O–H groups in total. The maximum absolute atomic E-state index is 13.3. The monoisotopic (exact) mass is 272 g/mol. The maximum Gasteiger partial charge on any atom is 0.238 e. The van der Waals surface area contributed by atoms with Gasteiger partial charge in [0.25, 0.3) is 0 Å². The molecule has 0 radical (unpaired) electrons. The van der Waals surface area contributed by atoms with E-state index in [1.807, 2.05) is 0 Å². The molecular weight excluding hydrogens is 258 g/mol. The van der Waals surface area contributed by atoms with Crippen LogP contribution in [-0.4, -0.2) is 52.9 Å². The lowest BCUT2D eigenvalue weighted by atomic mass is 10.3. The molecule has 0 aliphatic carbocycles. The molecule has 2 rings (SSSR count). The molecule has 2 unspecified atom stereocenters. The molecule has 1 aromatic carbocycles. The van der Waals surface area contributed by atoms with Crippen molar-refractivity contribution in [2.75, 3.05) is 25.0 Å². The van der Waals surface area contributed by atoms with Crippen LogP contribution >= 0.6 is 0 Å². The number of benzene rings is 1. The fourth-order valence-electron chi connectivity index (χ4n) is 1.96. The number of aliphatic hydroxyl groups is 2. The van der Waals surface area contributed by atoms with Gasteiger partial charge in [0.1, 0.15) is 11.6 Å². The summed E-state index contributed by atoms with van der Waals surface area (Å²) in [6.45, 7) is 0.284. The minimum atomic E-state index is -0.879. The zero-order valence-corrected chi connectivity index (χ0v) is 10.0. The maximum atomic E-state index is 13.3. The Bertz CT molecular complexity index is 474. The number of carbonyl (C=O) groups is 1. The van der Waals surface area contributed by atoms with Crippen LogP contribution in [0, 0.1) is 11.6 Å². The Morgan fingerprint density at radius 1 is 1.32 bits per heavy atom. The number of nitrogens with zero attached hydrogens (tertiary/aromatic N) is 1. The zero-order valence-electron chi connectivity index (χ0n) is 10.0. The minimum absolute atomic E-state index is 0.0784. The summed E-state index contributed by atoms with van der Waals surface area (Å²) < 4.78 is 26.0. The normalized spacial score (nSPS) is 23.6. The minimum Gasteiger partial charge on any atom is -0.389 e. The van der Waals surface area contributed by atoms with Gasteiger partial charge in [-0.3, -0.25) is 9.69 Å². The second kappa shape index (κ2) is 5.60. The van der Waals surface area contributed by atoms with Gasteiger partial charge in [-0.15, -0.1) is 0 Å². The van der Waals surface area contributed by atoms with Crippen molar-refractivity contribution in [3.8, 4) is 0 Å². The summed E-state index contributed by atoms with van der Waals surface area (Å²) >= 11 is 0. The first-order chi connectivity index (χ1) is 8.95. The largest absolute Gasteiger partial charge is 0.389 e. The van der Waals surface area contributed by atoms with Gasteiger partial charge < -0.3 is 15.5 Å². The van der Waals surface area contributed by atoms with Crippen molar-refractivity contribution in [2.24, 2.45) is 0 Å². The molecule has 1 aliphatic heterocycles. The summed E-state index contributed by atoms with van der Waals surface area (Å²) in [5.74, 6) is -2.07. The zero-order chi connectivity index (χ0) is 14.0. The number of hydrogen-bond donors (Lipinski definition) is 3. The van der Waals surface area contributed by atoms with Gasteiger partial charge in [0.15, 0.2) is 0 Å². The number of likely N-dealkylation sites (tertiary alicyclic amines) is 1. The first kappa shape index (κ1) is 13.9. The topological polar surface area (TPSA) is 72.8 Å². The fraction of sp³-hybridized carbons (Fsp3) is 0.417. The van der Waals surface area contributed by atoms with E-state index in [2.05, 4.69) is 5.32 Å². The predicted octanol–water partition coefficient (Wildman–Crippen LogP) is -0.0593. The molecule has 0 spiro atoms. The van der Waals surface area contributed by atoms with Crippen molar-refractivity contribution < 1.29 is 23.8 Å². The van der Waals surface area contributed by atoms with Gasteiger partial charge in [-0.05, 0) is 12.1 Å². The Balaban J connectivity index is 1.91. The van der Waals surface area contributed by atoms with E-state index in [4.69, 9.17) is 0 Å². The van der Waals surface area contributed by atoms with Crippen LogP contribution in [0.25, 0.3) is 0 Å². The van der Waals surface area contributed by atoms with Crippen molar-refractivity contribution in [1.82, 2.24) is 4.90 Å². The molecule has 5 nitrogen and oxygen atoms in total. The van der Waals surface area contributed by atoms with Gasteiger partial charge in [-0.1, -0.05) is 0 Å². The summed E-state index contributed by atoms with van der Waals surface area (Å²) in [5, 5.41) is 20.9. The Hall–Kier alpha value is -1.57. The van der Waals surface area contributed by atoms with Crippen LogP contribution in [0.4, 0.5) is 14.5 Å². The van der Waals surface area contributed by atoms with Gasteiger partial charge in [-0.25, -0.2) is 8.78 Å². The van der Waals surface area contributed by atoms with E-state index in [0.717, 1.165) is 12.1 Å². The summed E-state index contributed by atoms with van der Waals surface area (Å²) in [4.78, 5) is 13.2. The van der Waals surface area contributed by atoms with Crippen molar-refractivity contribution >= 4 is 11.6 Å². The average Bonchev–Trinajstić information content (AvgIpc) is 2.62. The molecule has 1 aliphatic rings. The Labute approximate surface area is 108 Å². The number of rotatable bonds is 3. The van der Waals surface area contributed by atoms with Gasteiger partial charge in [0, 0.05) is 19.2 Å². The number of hydrogen-bond acceptors (Lipinski definition) is 4. The van der Waals surface area contributed by atoms with Crippen LogP contribution in [0.15, 0.2) is 18.2 Å². The molecule has 1 saturated heterocycles. The lowest BCUT2D eigenvalue weighted by Crippen LogP contribution is -2.32. The second-order valence-corrected chi connectivity index (χ2v) is 4.50. The Kier molecular flexibility index (Phi) is 4.08. The van der Waals surface area contributed by atoms with Crippen LogP contribution in [0.1, 0.15) is 0 Å². The quantitative estimate of drug-likeness (QED) is 0.721. The number of amides is 1. The molecule has 0 saturated carbocycles. The average molecular weight is 272 g/mol. The first-order valence-electron chi connectivity index (χ1n) is 5.79. The highest BCUT2D eigenvalue weighted by molar-refractivity contribution is 5.92. The third-order valence-electron chi connectivity index (χ3n) is 2.91. The summed E-state index contributed by atoms with van der Waals surface area (Å²) in [5.41, 5.74) is -0.105. The standard InChI is InChI=1S/C12H14F2N2O3/c13-7-1-2-9(8(14)3-7)15-12(19)6-16-4-10(17)11(18)5-16/h1-3,10-11,17-18H,4-6H2,(H,15,19). The highest BCUT2D eigenvalue weighted by Gasteiger charge is 2.30. The Morgan fingerprint density at radius 3 is 2.53 bits per heavy atom. The van der Waals surface area contributed by atoms with Crippen LogP contribution in [0.3, 0.4) is 0 Å². The fourth-order valence-corrected chi connectivity index (χ4v) is 1.96. The van der Waals surface area contributed by atoms with E-state index < -0.39 is 29.7 Å². The van der Waals surface area contributed by atoms with Crippen LogP contribution in [0.2, 0.25) is 0 Å². The second-order valence-electron chi connectivity index (χ2n) is 4.50. The van der Waals surface area contributed by atoms with Crippen LogP contribution in [-0.2, 0) is 4.79 Å². The van der Waals surface area contributed by atoms with E-state index in [1.165, 1.54) is 0 Å². The lowest BCUT2D eigenvalue weighted by Gasteiger charge is -2.14. The SMILES string of the molecule is O=C(CN1CC(O)C(O)C1)Nc1ccc(F)cc1F. The smallest absolute Gasteiger partial charge is 0.238 e. The van der Waals surface area contributed by atoms with Crippen LogP contribution in [0.5, 0.6) is 0 Å². The molecule has 0 bridgehead atoms. The number of β-amino-alcohol motifs (C(OH)–C–C–N with tert-alkyl or cyclic N) is 2. The van der Waals surface area contributed by atoms with Gasteiger partial charge in [-0.2, -0.15) is 0 Å². The number of nitrogens with one attached hydrogen (secondary N) is 1. The van der Waals surface area contributed by atoms with Gasteiger partial charge >= 0.3 is 0 Å². The van der Waals surface area contributed by atoms with Gasteiger partial charge in [0.2, 0.25) is 5.91 Å².